The zero-order valence-electron chi connectivity index (χ0n) is 8.99. The number of carbonyl (C=O) groups excluding carboxylic acids is 1. The third-order valence-electron chi connectivity index (χ3n) is 1.62. The van der Waals surface area contributed by atoms with Crippen molar-refractivity contribution in [1.82, 2.24) is 6.15 Å². The second-order valence-electron chi connectivity index (χ2n) is 2.61. The average Bonchev–Trinajstić information content (AvgIpc) is 2.08. The quantitative estimate of drug-likeness (QED) is 0.763. The molecule has 0 amide bonds. The molecule has 0 saturated carbocycles. The summed E-state index contributed by atoms with van der Waals surface area (Å²) in [6, 6.07) is 0. The fourth-order valence-corrected chi connectivity index (χ4v) is 1.09. The fraction of sp³-hybridized carbons (Fsp3) is 0.778. The topological polar surface area (TPSA) is 89.4 Å². The minimum Gasteiger partial charge on any atom is -0.481 e. The Balaban J connectivity index is -0.000000117. The number of aliphatic carboxylic acids is 1. The van der Waals surface area contributed by atoms with Gasteiger partial charge in [0, 0.05) is 0 Å². The van der Waals surface area contributed by atoms with Crippen LogP contribution in [0.3, 0.4) is 0 Å². The molecule has 0 bridgehead atoms. The predicted molar refractivity (Wildman–Crippen MR) is 68.5 cm³/mol. The van der Waals surface area contributed by atoms with E-state index in [1.807, 2.05) is 20.6 Å². The summed E-state index contributed by atoms with van der Waals surface area (Å²) in [5.74, 6) is -0.737. The van der Waals surface area contributed by atoms with Gasteiger partial charge in [0.2, 0.25) is 0 Å². The summed E-state index contributed by atoms with van der Waals surface area (Å²) in [4.78, 5) is 18.5. The van der Waals surface area contributed by atoms with Crippen LogP contribution in [0.15, 0.2) is 0 Å². The molecule has 0 aromatic carbocycles. The zero-order chi connectivity index (χ0) is 9.98. The van der Waals surface area contributed by atoms with Crippen LogP contribution in [0.5, 0.6) is 0 Å². The van der Waals surface area contributed by atoms with Gasteiger partial charge in [-0.1, -0.05) is 26.7 Å². The Morgan fingerprint density at radius 3 is 1.64 bits per heavy atom. The van der Waals surface area contributed by atoms with E-state index in [-0.39, 0.29) is 36.0 Å². The standard InChI is InChI=1S/C8H16O2.CH2O.HI.H3N/c1-3-5-7(6-4-2)8(9)10;1-2;;/h7H,3-6H2,1-2H3,(H,9,10);1H2;1H;1H3. The third-order valence-corrected chi connectivity index (χ3v) is 1.62. The fourth-order valence-electron chi connectivity index (χ4n) is 1.09. The van der Waals surface area contributed by atoms with Gasteiger partial charge in [0.25, 0.3) is 0 Å². The molecule has 0 aliphatic carbocycles. The highest BCUT2D eigenvalue weighted by Gasteiger charge is 2.13. The molecule has 0 saturated heterocycles. The van der Waals surface area contributed by atoms with Gasteiger partial charge in [0.1, 0.15) is 6.79 Å². The van der Waals surface area contributed by atoms with E-state index in [4.69, 9.17) is 9.90 Å². The maximum atomic E-state index is 10.5. The van der Waals surface area contributed by atoms with Crippen molar-refractivity contribution in [2.45, 2.75) is 39.5 Å². The third kappa shape index (κ3) is 14.4. The van der Waals surface area contributed by atoms with Gasteiger partial charge in [-0.3, -0.25) is 4.79 Å². The molecule has 0 fully saturated rings. The van der Waals surface area contributed by atoms with Crippen molar-refractivity contribution in [3.8, 4) is 0 Å². The molecule has 5 heteroatoms. The Morgan fingerprint density at radius 2 is 1.50 bits per heavy atom. The molecular weight excluding hydrogens is 297 g/mol. The summed E-state index contributed by atoms with van der Waals surface area (Å²) in [6.45, 7) is 6.04. The molecule has 14 heavy (non-hydrogen) atoms. The van der Waals surface area contributed by atoms with E-state index in [1.54, 1.807) is 0 Å². The summed E-state index contributed by atoms with van der Waals surface area (Å²) in [5, 5.41) is 8.64. The van der Waals surface area contributed by atoms with Crippen molar-refractivity contribution in [3.63, 3.8) is 0 Å². The maximum Gasteiger partial charge on any atom is 0.306 e. The van der Waals surface area contributed by atoms with Crippen LogP contribution >= 0.6 is 24.0 Å². The van der Waals surface area contributed by atoms with Crippen molar-refractivity contribution in [1.29, 1.82) is 0 Å². The normalized spacial score (nSPS) is 7.64. The van der Waals surface area contributed by atoms with Crippen LogP contribution in [0.2, 0.25) is 0 Å². The first-order chi connectivity index (χ1) is 5.72. The molecule has 0 radical (unpaired) electrons. The van der Waals surface area contributed by atoms with Crippen molar-refractivity contribution in [2.24, 2.45) is 5.92 Å². The number of carbonyl (C=O) groups is 2. The molecule has 0 atom stereocenters. The molecule has 0 aliphatic heterocycles. The molecule has 0 spiro atoms. The van der Waals surface area contributed by atoms with Crippen molar-refractivity contribution >= 4 is 36.7 Å². The lowest BCUT2D eigenvalue weighted by Gasteiger charge is -2.07. The minimum absolute atomic E-state index is 0. The number of hydrogen-bond donors (Lipinski definition) is 2. The van der Waals surface area contributed by atoms with Crippen LogP contribution < -0.4 is 6.15 Å². The Bertz CT molecular complexity index is 117. The van der Waals surface area contributed by atoms with Crippen LogP contribution in [-0.2, 0) is 9.59 Å². The van der Waals surface area contributed by atoms with E-state index in [2.05, 4.69) is 0 Å². The van der Waals surface area contributed by atoms with E-state index >= 15 is 0 Å². The van der Waals surface area contributed by atoms with Crippen molar-refractivity contribution in [3.05, 3.63) is 0 Å². The lowest BCUT2D eigenvalue weighted by Crippen LogP contribution is -2.12. The second-order valence-corrected chi connectivity index (χ2v) is 2.61. The Hall–Kier alpha value is -0.170. The molecule has 88 valence electrons. The van der Waals surface area contributed by atoms with Gasteiger partial charge >= 0.3 is 5.97 Å². The number of halogens is 1. The highest BCUT2D eigenvalue weighted by molar-refractivity contribution is 14.0. The molecule has 0 unspecified atom stereocenters. The van der Waals surface area contributed by atoms with Crippen molar-refractivity contribution < 1.29 is 14.7 Å². The van der Waals surface area contributed by atoms with Crippen molar-refractivity contribution in [2.75, 3.05) is 0 Å². The van der Waals surface area contributed by atoms with E-state index in [0.717, 1.165) is 25.7 Å². The van der Waals surface area contributed by atoms with Gasteiger partial charge in [0.15, 0.2) is 0 Å². The van der Waals surface area contributed by atoms with E-state index in [0.29, 0.717) is 0 Å². The molecule has 0 heterocycles. The molecule has 0 aromatic rings. The van der Waals surface area contributed by atoms with Gasteiger partial charge in [-0.25, -0.2) is 0 Å². The first kappa shape index (κ1) is 23.6. The number of hydrogen-bond acceptors (Lipinski definition) is 3. The summed E-state index contributed by atoms with van der Waals surface area (Å²) in [5.41, 5.74) is 0. The SMILES string of the molecule is C=O.CCCC(CCC)C(=O)O.I.N. The van der Waals surface area contributed by atoms with E-state index < -0.39 is 5.97 Å². The molecule has 4 N–H and O–H groups in total. The highest BCUT2D eigenvalue weighted by Crippen LogP contribution is 2.12. The zero-order valence-corrected chi connectivity index (χ0v) is 11.3. The number of carboxylic acids is 1. The van der Waals surface area contributed by atoms with E-state index in [1.165, 1.54) is 0 Å². The van der Waals surface area contributed by atoms with Crippen LogP contribution in [-0.4, -0.2) is 17.9 Å². The Morgan fingerprint density at radius 1 is 1.21 bits per heavy atom. The first-order valence-corrected chi connectivity index (χ1v) is 4.24. The summed E-state index contributed by atoms with van der Waals surface area (Å²) in [7, 11) is 0. The van der Waals surface area contributed by atoms with Gasteiger partial charge < -0.3 is 16.1 Å². The number of carboxylic acid groups (broad SMARTS) is 1. The van der Waals surface area contributed by atoms with Gasteiger partial charge in [-0.05, 0) is 12.8 Å². The lowest BCUT2D eigenvalue weighted by atomic mass is 9.99. The maximum absolute atomic E-state index is 10.5. The lowest BCUT2D eigenvalue weighted by molar-refractivity contribution is -0.142. The molecule has 0 rings (SSSR count). The summed E-state index contributed by atoms with van der Waals surface area (Å²) >= 11 is 0. The Kier molecular flexibility index (Phi) is 31.3. The van der Waals surface area contributed by atoms with Gasteiger partial charge in [-0.15, -0.1) is 24.0 Å². The van der Waals surface area contributed by atoms with Crippen LogP contribution in [0.1, 0.15) is 39.5 Å². The molecule has 0 aliphatic rings. The minimum atomic E-state index is -0.635. The van der Waals surface area contributed by atoms with Crippen LogP contribution in [0.25, 0.3) is 0 Å². The Labute approximate surface area is 103 Å². The summed E-state index contributed by atoms with van der Waals surface area (Å²) in [6.07, 6.45) is 3.58. The van der Waals surface area contributed by atoms with Gasteiger partial charge in [0.05, 0.1) is 5.92 Å². The highest BCUT2D eigenvalue weighted by atomic mass is 127. The number of rotatable bonds is 5. The van der Waals surface area contributed by atoms with E-state index in [9.17, 15) is 4.79 Å². The van der Waals surface area contributed by atoms with Gasteiger partial charge in [-0.2, -0.15) is 0 Å². The predicted octanol–water partition coefficient (Wildman–Crippen LogP) is 2.88. The summed E-state index contributed by atoms with van der Waals surface area (Å²) < 4.78 is 0. The first-order valence-electron chi connectivity index (χ1n) is 4.24. The van der Waals surface area contributed by atoms with Crippen LogP contribution in [0, 0.1) is 5.92 Å². The monoisotopic (exact) mass is 319 g/mol. The van der Waals surface area contributed by atoms with Crippen LogP contribution in [0.4, 0.5) is 0 Å². The smallest absolute Gasteiger partial charge is 0.306 e. The molecule has 4 nitrogen and oxygen atoms in total. The molecular formula is C9H22INO3. The average molecular weight is 319 g/mol. The largest absolute Gasteiger partial charge is 0.481 e. The molecule has 0 aromatic heterocycles. The second kappa shape index (κ2) is 18.6.